The van der Waals surface area contributed by atoms with Crippen molar-refractivity contribution in [2.24, 2.45) is 0 Å². The lowest BCUT2D eigenvalue weighted by molar-refractivity contribution is -0.142. The van der Waals surface area contributed by atoms with Crippen molar-refractivity contribution in [3.05, 3.63) is 58.6 Å². The van der Waals surface area contributed by atoms with Gasteiger partial charge in [-0.2, -0.15) is 0 Å². The molecule has 180 valence electrons. The van der Waals surface area contributed by atoms with Gasteiger partial charge >= 0.3 is 0 Å². The van der Waals surface area contributed by atoms with Gasteiger partial charge in [0.05, 0.1) is 14.2 Å². The number of ether oxygens (including phenoxy) is 2. The van der Waals surface area contributed by atoms with Gasteiger partial charge in [-0.1, -0.05) is 42.8 Å². The third-order valence-corrected chi connectivity index (χ3v) is 5.63. The van der Waals surface area contributed by atoms with Gasteiger partial charge in [-0.15, -0.1) is 0 Å². The fraction of sp³-hybridized carbons (Fsp3) is 0.462. The van der Waals surface area contributed by atoms with E-state index in [0.29, 0.717) is 29.4 Å². The lowest BCUT2D eigenvalue weighted by Crippen LogP contribution is -2.53. The van der Waals surface area contributed by atoms with Gasteiger partial charge in [-0.25, -0.2) is 0 Å². The summed E-state index contributed by atoms with van der Waals surface area (Å²) in [6.45, 7) is 7.95. The van der Waals surface area contributed by atoms with Crippen molar-refractivity contribution >= 4 is 23.4 Å². The van der Waals surface area contributed by atoms with E-state index in [9.17, 15) is 9.59 Å². The summed E-state index contributed by atoms with van der Waals surface area (Å²) >= 11 is 6.38. The summed E-state index contributed by atoms with van der Waals surface area (Å²) in [6, 6.07) is 12.4. The van der Waals surface area contributed by atoms with Crippen molar-refractivity contribution in [2.45, 2.75) is 65.1 Å². The monoisotopic (exact) mass is 474 g/mol. The van der Waals surface area contributed by atoms with E-state index in [1.54, 1.807) is 25.2 Å². The van der Waals surface area contributed by atoms with Crippen molar-refractivity contribution in [1.82, 2.24) is 10.2 Å². The minimum Gasteiger partial charge on any atom is -0.493 e. The first-order chi connectivity index (χ1) is 15.6. The Balaban J connectivity index is 2.27. The first-order valence-corrected chi connectivity index (χ1v) is 11.5. The molecule has 1 N–H and O–H groups in total. The van der Waals surface area contributed by atoms with Crippen LogP contribution in [-0.4, -0.2) is 42.5 Å². The molecular formula is C26H35ClN2O4. The molecule has 0 aliphatic heterocycles. The Morgan fingerprint density at radius 3 is 2.30 bits per heavy atom. The van der Waals surface area contributed by atoms with Gasteiger partial charge < -0.3 is 19.7 Å². The number of methoxy groups -OCH3 is 2. The molecule has 6 nitrogen and oxygen atoms in total. The van der Waals surface area contributed by atoms with Crippen LogP contribution in [0.25, 0.3) is 0 Å². The number of hydrogen-bond donors (Lipinski definition) is 1. The van der Waals surface area contributed by atoms with Crippen LogP contribution in [0.4, 0.5) is 0 Å². The standard InChI is InChI=1S/C26H35ClN2O4/c1-7-21(25(31)28-26(2,3)4)29(17-19-10-8-9-11-20(19)27)24(30)15-13-18-12-14-22(32-5)23(16-18)33-6/h8-12,14,16,21H,7,13,15,17H2,1-6H3,(H,28,31). The molecule has 0 bridgehead atoms. The van der Waals surface area contributed by atoms with Gasteiger partial charge in [-0.3, -0.25) is 9.59 Å². The normalized spacial score (nSPS) is 12.1. The first-order valence-electron chi connectivity index (χ1n) is 11.2. The van der Waals surface area contributed by atoms with Gasteiger partial charge in [0.2, 0.25) is 11.8 Å². The van der Waals surface area contributed by atoms with E-state index >= 15 is 0 Å². The molecule has 0 aliphatic rings. The summed E-state index contributed by atoms with van der Waals surface area (Å²) in [7, 11) is 3.17. The topological polar surface area (TPSA) is 67.9 Å². The largest absolute Gasteiger partial charge is 0.493 e. The van der Waals surface area contributed by atoms with E-state index in [4.69, 9.17) is 21.1 Å². The molecule has 0 radical (unpaired) electrons. The second kappa shape index (κ2) is 11.9. The number of halogens is 1. The molecule has 0 heterocycles. The quantitative estimate of drug-likeness (QED) is 0.525. The molecule has 33 heavy (non-hydrogen) atoms. The highest BCUT2D eigenvalue weighted by molar-refractivity contribution is 6.31. The van der Waals surface area contributed by atoms with E-state index in [2.05, 4.69) is 5.32 Å². The summed E-state index contributed by atoms with van der Waals surface area (Å²) in [5, 5.41) is 3.58. The Morgan fingerprint density at radius 2 is 1.73 bits per heavy atom. The van der Waals surface area contributed by atoms with E-state index in [0.717, 1.165) is 11.1 Å². The van der Waals surface area contributed by atoms with Gasteiger partial charge in [0.1, 0.15) is 6.04 Å². The van der Waals surface area contributed by atoms with Crippen LogP contribution in [0.5, 0.6) is 11.5 Å². The molecule has 0 fully saturated rings. The predicted octanol–water partition coefficient (Wildman–Crippen LogP) is 5.01. The third kappa shape index (κ3) is 7.67. The molecule has 0 spiro atoms. The highest BCUT2D eigenvalue weighted by atomic mass is 35.5. The van der Waals surface area contributed by atoms with Gasteiger partial charge in [0, 0.05) is 23.5 Å². The van der Waals surface area contributed by atoms with Crippen molar-refractivity contribution in [1.29, 1.82) is 0 Å². The zero-order chi connectivity index (χ0) is 24.6. The van der Waals surface area contributed by atoms with E-state index in [1.165, 1.54) is 0 Å². The summed E-state index contributed by atoms with van der Waals surface area (Å²) in [6.07, 6.45) is 1.25. The lowest BCUT2D eigenvalue weighted by atomic mass is 10.0. The summed E-state index contributed by atoms with van der Waals surface area (Å²) in [5.41, 5.74) is 1.36. The molecule has 0 saturated carbocycles. The fourth-order valence-corrected chi connectivity index (χ4v) is 3.81. The van der Waals surface area contributed by atoms with Crippen molar-refractivity contribution in [3.8, 4) is 11.5 Å². The second-order valence-electron chi connectivity index (χ2n) is 8.97. The number of hydrogen-bond acceptors (Lipinski definition) is 4. The molecule has 1 atom stereocenters. The van der Waals surface area contributed by atoms with Crippen molar-refractivity contribution in [3.63, 3.8) is 0 Å². The SMILES string of the molecule is CCC(C(=O)NC(C)(C)C)N(Cc1ccccc1Cl)C(=O)CCc1ccc(OC)c(OC)c1. The number of nitrogens with one attached hydrogen (secondary N) is 1. The average Bonchev–Trinajstić information content (AvgIpc) is 2.77. The van der Waals surface area contributed by atoms with Crippen LogP contribution in [0.1, 0.15) is 51.7 Å². The Morgan fingerprint density at radius 1 is 1.06 bits per heavy atom. The van der Waals surface area contributed by atoms with Crippen LogP contribution < -0.4 is 14.8 Å². The maximum Gasteiger partial charge on any atom is 0.243 e. The molecule has 0 aliphatic carbocycles. The lowest BCUT2D eigenvalue weighted by Gasteiger charge is -2.33. The Bertz CT molecular complexity index is 956. The number of nitrogens with zero attached hydrogens (tertiary/aromatic N) is 1. The third-order valence-electron chi connectivity index (χ3n) is 5.26. The molecule has 0 saturated heterocycles. The number of aryl methyl sites for hydroxylation is 1. The molecule has 7 heteroatoms. The van der Waals surface area contributed by atoms with Crippen molar-refractivity contribution < 1.29 is 19.1 Å². The summed E-state index contributed by atoms with van der Waals surface area (Å²) in [4.78, 5) is 28.1. The first kappa shape index (κ1) is 26.5. The molecule has 0 aromatic heterocycles. The number of benzene rings is 2. The predicted molar refractivity (Wildman–Crippen MR) is 132 cm³/mol. The minimum atomic E-state index is -0.599. The summed E-state index contributed by atoms with van der Waals surface area (Å²) < 4.78 is 10.7. The maximum absolute atomic E-state index is 13.4. The molecule has 1 unspecified atom stereocenters. The van der Waals surface area contributed by atoms with Gasteiger partial charge in [-0.05, 0) is 62.9 Å². The van der Waals surface area contributed by atoms with Crippen LogP contribution >= 0.6 is 11.6 Å². The molecule has 2 aromatic carbocycles. The highest BCUT2D eigenvalue weighted by Crippen LogP contribution is 2.28. The van der Waals surface area contributed by atoms with Crippen LogP contribution in [0.2, 0.25) is 5.02 Å². The van der Waals surface area contributed by atoms with E-state index in [1.807, 2.05) is 64.1 Å². The number of carbonyl (C=O) groups excluding carboxylic acids is 2. The number of rotatable bonds is 10. The molecular weight excluding hydrogens is 440 g/mol. The summed E-state index contributed by atoms with van der Waals surface area (Å²) in [5.74, 6) is 0.973. The molecule has 2 aromatic rings. The van der Waals surface area contributed by atoms with Gasteiger partial charge in [0.25, 0.3) is 0 Å². The zero-order valence-corrected chi connectivity index (χ0v) is 21.2. The molecule has 2 amide bonds. The maximum atomic E-state index is 13.4. The fourth-order valence-electron chi connectivity index (χ4n) is 3.61. The van der Waals surface area contributed by atoms with Crippen LogP contribution in [0.15, 0.2) is 42.5 Å². The van der Waals surface area contributed by atoms with Gasteiger partial charge in [0.15, 0.2) is 11.5 Å². The van der Waals surface area contributed by atoms with Crippen LogP contribution in [0, 0.1) is 0 Å². The molecule has 2 rings (SSSR count). The van der Waals surface area contributed by atoms with Crippen LogP contribution in [0.3, 0.4) is 0 Å². The Labute approximate surface area is 202 Å². The van der Waals surface area contributed by atoms with Crippen LogP contribution in [-0.2, 0) is 22.6 Å². The Kier molecular flexibility index (Phi) is 9.59. The van der Waals surface area contributed by atoms with E-state index in [-0.39, 0.29) is 24.8 Å². The smallest absolute Gasteiger partial charge is 0.243 e. The number of carbonyl (C=O) groups is 2. The Hall–Kier alpha value is -2.73. The minimum absolute atomic E-state index is 0.111. The number of amides is 2. The average molecular weight is 475 g/mol. The van der Waals surface area contributed by atoms with E-state index < -0.39 is 11.6 Å². The highest BCUT2D eigenvalue weighted by Gasteiger charge is 2.30. The second-order valence-corrected chi connectivity index (χ2v) is 9.37. The van der Waals surface area contributed by atoms with Crippen molar-refractivity contribution in [2.75, 3.05) is 14.2 Å². The zero-order valence-electron chi connectivity index (χ0n) is 20.4.